The van der Waals surface area contributed by atoms with Crippen molar-refractivity contribution in [1.82, 2.24) is 0 Å². The molecule has 0 atom stereocenters. The predicted molar refractivity (Wildman–Crippen MR) is 64.2 cm³/mol. The van der Waals surface area contributed by atoms with Crippen LogP contribution >= 0.6 is 0 Å². The minimum atomic E-state index is 1.16. The van der Waals surface area contributed by atoms with E-state index in [0.717, 1.165) is 11.1 Å². The molecule has 0 bridgehead atoms. The third kappa shape index (κ3) is 2.23. The van der Waals surface area contributed by atoms with Gasteiger partial charge in [-0.25, -0.2) is 0 Å². The highest BCUT2D eigenvalue weighted by atomic mass is 14.0. The van der Waals surface area contributed by atoms with Crippen LogP contribution in [-0.4, -0.2) is 0 Å². The normalized spacial score (nSPS) is 11.9. The molecule has 0 aliphatic heterocycles. The Hall–Kier alpha value is -1.56. The number of allylic oxidation sites excluding steroid dienone is 4. The Kier molecular flexibility index (Phi) is 3.47. The van der Waals surface area contributed by atoms with Crippen LogP contribution in [0.1, 0.15) is 18.1 Å². The van der Waals surface area contributed by atoms with Gasteiger partial charge >= 0.3 is 0 Å². The van der Waals surface area contributed by atoms with E-state index in [4.69, 9.17) is 0 Å². The number of hydrogen-bond donors (Lipinski definition) is 0. The van der Waals surface area contributed by atoms with Crippen LogP contribution in [0.3, 0.4) is 0 Å². The molecule has 0 fully saturated rings. The van der Waals surface area contributed by atoms with Gasteiger partial charge in [-0.2, -0.15) is 0 Å². The number of benzene rings is 1. The molecule has 0 saturated heterocycles. The molecule has 1 aromatic carbocycles. The summed E-state index contributed by atoms with van der Waals surface area (Å²) in [4.78, 5) is 0. The molecule has 0 spiro atoms. The van der Waals surface area contributed by atoms with E-state index < -0.39 is 0 Å². The quantitative estimate of drug-likeness (QED) is 0.619. The summed E-state index contributed by atoms with van der Waals surface area (Å²) in [5.41, 5.74) is 4.78. The average molecular weight is 184 g/mol. The summed E-state index contributed by atoms with van der Waals surface area (Å²) in [6, 6.07) is 8.40. The van der Waals surface area contributed by atoms with Crippen LogP contribution < -0.4 is 0 Å². The van der Waals surface area contributed by atoms with Crippen LogP contribution in [0.5, 0.6) is 0 Å². The molecule has 1 aromatic rings. The van der Waals surface area contributed by atoms with Gasteiger partial charge in [0.1, 0.15) is 0 Å². The van der Waals surface area contributed by atoms with Crippen LogP contribution in [0.2, 0.25) is 0 Å². The maximum absolute atomic E-state index is 3.83. The van der Waals surface area contributed by atoms with Crippen molar-refractivity contribution < 1.29 is 0 Å². The molecule has 0 heteroatoms. The molecule has 14 heavy (non-hydrogen) atoms. The van der Waals surface area contributed by atoms with Crippen molar-refractivity contribution in [1.29, 1.82) is 0 Å². The van der Waals surface area contributed by atoms with Gasteiger partial charge in [0.05, 0.1) is 0 Å². The molecule has 0 radical (unpaired) electrons. The summed E-state index contributed by atoms with van der Waals surface area (Å²) in [6.07, 6.45) is 3.74. The van der Waals surface area contributed by atoms with Crippen LogP contribution in [0.4, 0.5) is 0 Å². The molecule has 0 aliphatic carbocycles. The number of aryl methyl sites for hydroxylation is 1. The average Bonchev–Trinajstić information content (AvgIpc) is 2.19. The highest BCUT2D eigenvalue weighted by Gasteiger charge is 1.99. The second kappa shape index (κ2) is 4.61. The van der Waals surface area contributed by atoms with Crippen LogP contribution in [0.15, 0.2) is 55.1 Å². The zero-order valence-corrected chi connectivity index (χ0v) is 8.88. The molecular weight excluding hydrogens is 168 g/mol. The highest BCUT2D eigenvalue weighted by molar-refractivity contribution is 5.77. The van der Waals surface area contributed by atoms with E-state index in [9.17, 15) is 0 Å². The fourth-order valence-corrected chi connectivity index (χ4v) is 1.43. The van der Waals surface area contributed by atoms with Crippen molar-refractivity contribution in [2.24, 2.45) is 0 Å². The number of rotatable bonds is 3. The van der Waals surface area contributed by atoms with Crippen LogP contribution in [0, 0.1) is 6.92 Å². The van der Waals surface area contributed by atoms with Gasteiger partial charge < -0.3 is 0 Å². The Bertz CT molecular complexity index is 381. The minimum absolute atomic E-state index is 1.16. The summed E-state index contributed by atoms with van der Waals surface area (Å²) in [5.74, 6) is 0. The molecule has 0 heterocycles. The topological polar surface area (TPSA) is 0 Å². The summed E-state index contributed by atoms with van der Waals surface area (Å²) in [7, 11) is 0. The lowest BCUT2D eigenvalue weighted by atomic mass is 9.99. The summed E-state index contributed by atoms with van der Waals surface area (Å²) in [6.45, 7) is 11.7. The highest BCUT2D eigenvalue weighted by Crippen LogP contribution is 2.21. The molecule has 0 aromatic heterocycles. The predicted octanol–water partition coefficient (Wildman–Crippen LogP) is 4.14. The van der Waals surface area contributed by atoms with Gasteiger partial charge in [-0.3, -0.25) is 0 Å². The fraction of sp³-hybridized carbons (Fsp3) is 0.143. The third-order valence-corrected chi connectivity index (χ3v) is 2.26. The monoisotopic (exact) mass is 184 g/mol. The van der Waals surface area contributed by atoms with E-state index in [1.807, 2.05) is 19.1 Å². The standard InChI is InChI=1S/C14H16/c1-5-12(4)14(6-2)13-9-7-8-11(3)10-13/h5-10H,1-2H2,3-4H3/b14-12+. The van der Waals surface area contributed by atoms with Gasteiger partial charge in [-0.15, -0.1) is 0 Å². The van der Waals surface area contributed by atoms with Crippen LogP contribution in [-0.2, 0) is 0 Å². The van der Waals surface area contributed by atoms with Crippen molar-refractivity contribution >= 4 is 5.57 Å². The van der Waals surface area contributed by atoms with E-state index in [1.165, 1.54) is 11.1 Å². The minimum Gasteiger partial charge on any atom is -0.0988 e. The SMILES string of the molecule is C=C/C(C)=C(\C=C)c1cccc(C)c1. The number of hydrogen-bond acceptors (Lipinski definition) is 0. The smallest absolute Gasteiger partial charge is 0.0161 e. The molecule has 72 valence electrons. The van der Waals surface area contributed by atoms with Gasteiger partial charge in [0.2, 0.25) is 0 Å². The van der Waals surface area contributed by atoms with Crippen molar-refractivity contribution in [3.63, 3.8) is 0 Å². The van der Waals surface area contributed by atoms with Crippen molar-refractivity contribution in [3.8, 4) is 0 Å². The van der Waals surface area contributed by atoms with Gasteiger partial charge in [-0.1, -0.05) is 55.1 Å². The Morgan fingerprint density at radius 2 is 1.93 bits per heavy atom. The summed E-state index contributed by atoms with van der Waals surface area (Å²) in [5, 5.41) is 0. The Balaban J connectivity index is 3.27. The van der Waals surface area contributed by atoms with E-state index in [0.29, 0.717) is 0 Å². The first-order valence-corrected chi connectivity index (χ1v) is 4.72. The summed E-state index contributed by atoms with van der Waals surface area (Å²) >= 11 is 0. The maximum atomic E-state index is 3.83. The molecule has 0 unspecified atom stereocenters. The van der Waals surface area contributed by atoms with Crippen molar-refractivity contribution in [2.45, 2.75) is 13.8 Å². The first kappa shape index (κ1) is 10.5. The lowest BCUT2D eigenvalue weighted by Gasteiger charge is -2.06. The third-order valence-electron chi connectivity index (χ3n) is 2.26. The molecular formula is C14H16. The Labute approximate surface area is 86.3 Å². The zero-order chi connectivity index (χ0) is 10.6. The Morgan fingerprint density at radius 3 is 2.43 bits per heavy atom. The lowest BCUT2D eigenvalue weighted by molar-refractivity contribution is 1.43. The second-order valence-corrected chi connectivity index (χ2v) is 3.37. The Morgan fingerprint density at radius 1 is 1.21 bits per heavy atom. The first-order chi connectivity index (χ1) is 6.69. The molecule has 0 aliphatic rings. The molecule has 0 amide bonds. The summed E-state index contributed by atoms with van der Waals surface area (Å²) < 4.78 is 0. The zero-order valence-electron chi connectivity index (χ0n) is 8.88. The van der Waals surface area contributed by atoms with Crippen molar-refractivity contribution in [2.75, 3.05) is 0 Å². The van der Waals surface area contributed by atoms with E-state index in [1.54, 1.807) is 0 Å². The molecule has 1 rings (SSSR count). The largest absolute Gasteiger partial charge is 0.0988 e. The molecule has 0 saturated carbocycles. The van der Waals surface area contributed by atoms with Gasteiger partial charge in [0.15, 0.2) is 0 Å². The van der Waals surface area contributed by atoms with E-state index >= 15 is 0 Å². The van der Waals surface area contributed by atoms with E-state index in [2.05, 4.69) is 44.3 Å². The maximum Gasteiger partial charge on any atom is -0.0161 e. The van der Waals surface area contributed by atoms with Crippen molar-refractivity contribution in [3.05, 3.63) is 66.3 Å². The fourth-order valence-electron chi connectivity index (χ4n) is 1.43. The first-order valence-electron chi connectivity index (χ1n) is 4.72. The van der Waals surface area contributed by atoms with Gasteiger partial charge in [0, 0.05) is 0 Å². The van der Waals surface area contributed by atoms with Crippen LogP contribution in [0.25, 0.3) is 5.57 Å². The van der Waals surface area contributed by atoms with Gasteiger partial charge in [-0.05, 0) is 30.6 Å². The lowest BCUT2D eigenvalue weighted by Crippen LogP contribution is -1.85. The second-order valence-electron chi connectivity index (χ2n) is 3.37. The molecule has 0 nitrogen and oxygen atoms in total. The van der Waals surface area contributed by atoms with Gasteiger partial charge in [0.25, 0.3) is 0 Å². The molecule has 0 N–H and O–H groups in total. The van der Waals surface area contributed by atoms with E-state index in [-0.39, 0.29) is 0 Å².